The smallest absolute Gasteiger partial charge is 0.240 e. The topological polar surface area (TPSA) is 97.1 Å². The van der Waals surface area contributed by atoms with Crippen molar-refractivity contribution in [3.8, 4) is 0 Å². The Bertz CT molecular complexity index is 776. The Morgan fingerprint density at radius 3 is 2.38 bits per heavy atom. The van der Waals surface area contributed by atoms with Crippen LogP contribution in [0.3, 0.4) is 0 Å². The number of hydrogen-bond donors (Lipinski definition) is 2. The fraction of sp³-hybridized carbons (Fsp3) is 0.529. The number of nitrogens with one attached hydrogen (secondary N) is 2. The molecule has 2 aromatic rings. The molecule has 2 N–H and O–H groups in total. The van der Waals surface area contributed by atoms with Crippen LogP contribution in [0.25, 0.3) is 0 Å². The molecule has 0 amide bonds. The van der Waals surface area contributed by atoms with Crippen LogP contribution in [-0.4, -0.2) is 38.2 Å². The number of benzene rings is 1. The van der Waals surface area contributed by atoms with Crippen LogP contribution in [0.4, 0.5) is 0 Å². The third-order valence-corrected chi connectivity index (χ3v) is 5.46. The lowest BCUT2D eigenvalue weighted by atomic mass is 10.0. The molecule has 0 aliphatic rings. The summed E-state index contributed by atoms with van der Waals surface area (Å²) >= 11 is 0. The summed E-state index contributed by atoms with van der Waals surface area (Å²) < 4.78 is 32.3. The van der Waals surface area contributed by atoms with E-state index in [9.17, 15) is 8.42 Å². The average molecular weight is 403 g/mol. The number of likely N-dealkylation sites (N-methyl/N-ethyl adjacent to an activating group) is 1. The van der Waals surface area contributed by atoms with E-state index in [0.29, 0.717) is 30.5 Å². The largest absolute Gasteiger partial charge is 0.339 e. The van der Waals surface area contributed by atoms with Gasteiger partial charge in [0, 0.05) is 25.4 Å². The van der Waals surface area contributed by atoms with Crippen LogP contribution in [0.15, 0.2) is 33.7 Å². The van der Waals surface area contributed by atoms with Gasteiger partial charge in [0.1, 0.15) is 0 Å². The Labute approximate surface area is 161 Å². The van der Waals surface area contributed by atoms with Crippen molar-refractivity contribution in [3.63, 3.8) is 0 Å². The van der Waals surface area contributed by atoms with E-state index in [1.54, 1.807) is 12.1 Å². The lowest BCUT2D eigenvalue weighted by Gasteiger charge is -2.08. The van der Waals surface area contributed by atoms with Gasteiger partial charge in [-0.3, -0.25) is 0 Å². The second-order valence-electron chi connectivity index (χ2n) is 6.37. The molecule has 0 fully saturated rings. The molecule has 26 heavy (non-hydrogen) atoms. The lowest BCUT2D eigenvalue weighted by molar-refractivity contribution is 0.371. The SMILES string of the molecule is CNC(C)Cc1noc(CCNS(=O)(=O)c2ccc(C(C)C)cc2)n1.Cl. The molecule has 1 aromatic heterocycles. The maximum absolute atomic E-state index is 12.3. The number of rotatable bonds is 9. The van der Waals surface area contributed by atoms with Crippen molar-refractivity contribution in [2.24, 2.45) is 0 Å². The van der Waals surface area contributed by atoms with Crippen molar-refractivity contribution in [1.29, 1.82) is 0 Å². The molecule has 2 rings (SSSR count). The number of halogens is 1. The molecular weight excluding hydrogens is 376 g/mol. The standard InChI is InChI=1S/C17H26N4O3S.ClH/c1-12(2)14-5-7-15(8-6-14)25(22,23)19-10-9-17-20-16(21-24-17)11-13(3)18-4;/h5-8,12-13,18-19H,9-11H2,1-4H3;1H. The van der Waals surface area contributed by atoms with Gasteiger partial charge in [0.25, 0.3) is 0 Å². The molecule has 146 valence electrons. The maximum Gasteiger partial charge on any atom is 0.240 e. The number of aromatic nitrogens is 2. The van der Waals surface area contributed by atoms with Gasteiger partial charge in [0.15, 0.2) is 5.82 Å². The Morgan fingerprint density at radius 1 is 1.15 bits per heavy atom. The Morgan fingerprint density at radius 2 is 1.81 bits per heavy atom. The van der Waals surface area contributed by atoms with Gasteiger partial charge in [0.2, 0.25) is 15.9 Å². The number of sulfonamides is 1. The average Bonchev–Trinajstić information content (AvgIpc) is 3.01. The van der Waals surface area contributed by atoms with E-state index in [2.05, 4.69) is 34.0 Å². The minimum Gasteiger partial charge on any atom is -0.339 e. The summed E-state index contributed by atoms with van der Waals surface area (Å²) in [6.07, 6.45) is 1.01. The van der Waals surface area contributed by atoms with Gasteiger partial charge in [-0.25, -0.2) is 13.1 Å². The van der Waals surface area contributed by atoms with Gasteiger partial charge >= 0.3 is 0 Å². The van der Waals surface area contributed by atoms with Gasteiger partial charge < -0.3 is 9.84 Å². The van der Waals surface area contributed by atoms with E-state index in [1.807, 2.05) is 26.1 Å². The van der Waals surface area contributed by atoms with Crippen LogP contribution in [-0.2, 0) is 22.9 Å². The molecular formula is C17H27ClN4O3S. The van der Waals surface area contributed by atoms with Crippen molar-refractivity contribution in [1.82, 2.24) is 20.2 Å². The summed E-state index contributed by atoms with van der Waals surface area (Å²) in [5.41, 5.74) is 1.10. The highest BCUT2D eigenvalue weighted by Crippen LogP contribution is 2.17. The first-order valence-corrected chi connectivity index (χ1v) is 9.88. The van der Waals surface area contributed by atoms with E-state index in [-0.39, 0.29) is 29.9 Å². The lowest BCUT2D eigenvalue weighted by Crippen LogP contribution is -2.26. The Kier molecular flexibility index (Phi) is 8.69. The predicted octanol–water partition coefficient (Wildman–Crippen LogP) is 2.29. The third-order valence-electron chi connectivity index (χ3n) is 3.98. The fourth-order valence-electron chi connectivity index (χ4n) is 2.26. The quantitative estimate of drug-likeness (QED) is 0.667. The van der Waals surface area contributed by atoms with Crippen molar-refractivity contribution in [3.05, 3.63) is 41.5 Å². The summed E-state index contributed by atoms with van der Waals surface area (Å²) in [5, 5.41) is 7.00. The van der Waals surface area contributed by atoms with Crippen molar-refractivity contribution in [2.75, 3.05) is 13.6 Å². The Balaban J connectivity index is 0.00000338. The van der Waals surface area contributed by atoms with Gasteiger partial charge in [-0.1, -0.05) is 31.1 Å². The van der Waals surface area contributed by atoms with Crippen LogP contribution in [0.2, 0.25) is 0 Å². The van der Waals surface area contributed by atoms with Gasteiger partial charge in [-0.2, -0.15) is 4.98 Å². The molecule has 7 nitrogen and oxygen atoms in total. The molecule has 0 saturated heterocycles. The zero-order valence-electron chi connectivity index (χ0n) is 15.5. The summed E-state index contributed by atoms with van der Waals surface area (Å²) in [5.74, 6) is 1.40. The maximum atomic E-state index is 12.3. The molecule has 0 aliphatic heterocycles. The van der Waals surface area contributed by atoms with Crippen molar-refractivity contribution < 1.29 is 12.9 Å². The second-order valence-corrected chi connectivity index (χ2v) is 8.14. The Hall–Kier alpha value is -1.48. The molecule has 1 heterocycles. The zero-order chi connectivity index (χ0) is 18.4. The highest BCUT2D eigenvalue weighted by molar-refractivity contribution is 7.89. The van der Waals surface area contributed by atoms with Gasteiger partial charge in [-0.05, 0) is 37.6 Å². The second kappa shape index (κ2) is 10.0. The zero-order valence-corrected chi connectivity index (χ0v) is 17.2. The first-order valence-electron chi connectivity index (χ1n) is 8.40. The van der Waals surface area contributed by atoms with Crippen LogP contribution in [0, 0.1) is 0 Å². The van der Waals surface area contributed by atoms with Gasteiger partial charge in [-0.15, -0.1) is 12.4 Å². The molecule has 1 aromatic carbocycles. The summed E-state index contributed by atoms with van der Waals surface area (Å²) in [6.45, 7) is 6.36. The third kappa shape index (κ3) is 6.35. The molecule has 9 heteroatoms. The van der Waals surface area contributed by atoms with E-state index in [1.165, 1.54) is 0 Å². The summed E-state index contributed by atoms with van der Waals surface area (Å²) in [6, 6.07) is 7.18. The minimum atomic E-state index is -3.54. The van der Waals surface area contributed by atoms with Gasteiger partial charge in [0.05, 0.1) is 4.90 Å². The molecule has 0 radical (unpaired) electrons. The first-order chi connectivity index (χ1) is 11.8. The van der Waals surface area contributed by atoms with E-state index in [4.69, 9.17) is 4.52 Å². The molecule has 0 bridgehead atoms. The highest BCUT2D eigenvalue weighted by atomic mass is 35.5. The van der Waals surface area contributed by atoms with E-state index in [0.717, 1.165) is 5.56 Å². The normalized spacial score (nSPS) is 12.8. The predicted molar refractivity (Wildman–Crippen MR) is 103 cm³/mol. The van der Waals surface area contributed by atoms with E-state index < -0.39 is 10.0 Å². The van der Waals surface area contributed by atoms with Crippen molar-refractivity contribution >= 4 is 22.4 Å². The molecule has 0 spiro atoms. The fourth-order valence-corrected chi connectivity index (χ4v) is 3.29. The van der Waals surface area contributed by atoms with Crippen LogP contribution >= 0.6 is 12.4 Å². The molecule has 1 unspecified atom stereocenters. The monoisotopic (exact) mass is 402 g/mol. The van der Waals surface area contributed by atoms with Crippen LogP contribution in [0.1, 0.15) is 44.0 Å². The molecule has 0 saturated carbocycles. The molecule has 0 aliphatic carbocycles. The van der Waals surface area contributed by atoms with Crippen LogP contribution < -0.4 is 10.0 Å². The molecule has 1 atom stereocenters. The summed E-state index contributed by atoms with van der Waals surface area (Å²) in [7, 11) is -1.67. The first kappa shape index (κ1) is 22.6. The summed E-state index contributed by atoms with van der Waals surface area (Å²) in [4.78, 5) is 4.52. The minimum absolute atomic E-state index is 0. The van der Waals surface area contributed by atoms with Crippen molar-refractivity contribution in [2.45, 2.75) is 50.5 Å². The number of hydrogen-bond acceptors (Lipinski definition) is 6. The van der Waals surface area contributed by atoms with Crippen LogP contribution in [0.5, 0.6) is 0 Å². The number of nitrogens with zero attached hydrogens (tertiary/aromatic N) is 2. The van der Waals surface area contributed by atoms with E-state index >= 15 is 0 Å². The highest BCUT2D eigenvalue weighted by Gasteiger charge is 2.15.